The maximum atomic E-state index is 12.0. The molecule has 0 fully saturated rings. The van der Waals surface area contributed by atoms with Gasteiger partial charge in [0.05, 0.1) is 20.9 Å². The Balaban J connectivity index is 1.53. The first-order valence-electron chi connectivity index (χ1n) is 7.01. The minimum atomic E-state index is -0.309. The Bertz CT molecular complexity index is 874. The highest BCUT2D eigenvalue weighted by Gasteiger charge is 2.13. The van der Waals surface area contributed by atoms with Crippen molar-refractivity contribution in [2.24, 2.45) is 0 Å². The van der Waals surface area contributed by atoms with Gasteiger partial charge in [0.25, 0.3) is 5.91 Å². The van der Waals surface area contributed by atoms with Crippen LogP contribution in [-0.2, 0) is 4.79 Å². The molecule has 3 aromatic rings. The third kappa shape index (κ3) is 4.53. The van der Waals surface area contributed by atoms with Crippen LogP contribution in [0.4, 0.5) is 5.69 Å². The Hall–Kier alpha value is -2.04. The van der Waals surface area contributed by atoms with Gasteiger partial charge in [-0.25, -0.2) is 9.67 Å². The molecule has 0 saturated carbocycles. The molecule has 2 N–H and O–H groups in total. The van der Waals surface area contributed by atoms with E-state index in [-0.39, 0.29) is 18.4 Å². The van der Waals surface area contributed by atoms with Gasteiger partial charge in [0.2, 0.25) is 5.91 Å². The zero-order valence-corrected chi connectivity index (χ0v) is 16.6. The fourth-order valence-corrected chi connectivity index (χ4v) is 3.90. The van der Waals surface area contributed by atoms with Gasteiger partial charge in [0, 0.05) is 10.2 Å². The maximum absolute atomic E-state index is 12.0. The lowest BCUT2D eigenvalue weighted by Crippen LogP contribution is -2.32. The number of carbonyl (C=O) groups is 2. The second kappa shape index (κ2) is 7.89. The zero-order valence-electron chi connectivity index (χ0n) is 12.6. The summed E-state index contributed by atoms with van der Waals surface area (Å²) in [4.78, 5) is 28.4. The molecule has 0 aliphatic carbocycles. The summed E-state index contributed by atoms with van der Waals surface area (Å²) in [6.07, 6.45) is 3.04. The van der Waals surface area contributed by atoms with Crippen LogP contribution in [0.15, 0.2) is 51.2 Å². The van der Waals surface area contributed by atoms with Gasteiger partial charge in [-0.1, -0.05) is 0 Å². The fraction of sp³-hybridized carbons (Fsp3) is 0.0667. The van der Waals surface area contributed by atoms with Crippen LogP contribution in [0.3, 0.4) is 0 Å². The smallest absolute Gasteiger partial charge is 0.261 e. The van der Waals surface area contributed by atoms with E-state index in [1.807, 2.05) is 12.1 Å². The fourth-order valence-electron chi connectivity index (χ4n) is 1.95. The topological polar surface area (TPSA) is 88.9 Å². The summed E-state index contributed by atoms with van der Waals surface area (Å²) >= 11 is 7.94. The summed E-state index contributed by atoms with van der Waals surface area (Å²) in [5.41, 5.74) is 1.46. The number of carbonyl (C=O) groups excluding carboxylic acids is 2. The standard InChI is InChI=1S/C15H11Br2N5O2S/c16-11-5-12(25-14(11)17)15(24)19-6-13(23)21-9-1-3-10(4-2-9)22-8-18-7-20-22/h1-5,7-8H,6H2,(H,19,24)(H,21,23). The van der Waals surface area contributed by atoms with Crippen molar-refractivity contribution in [2.45, 2.75) is 0 Å². The van der Waals surface area contributed by atoms with Crippen molar-refractivity contribution in [1.29, 1.82) is 0 Å². The molecule has 0 atom stereocenters. The van der Waals surface area contributed by atoms with E-state index in [1.54, 1.807) is 29.2 Å². The lowest BCUT2D eigenvalue weighted by Gasteiger charge is -2.07. The van der Waals surface area contributed by atoms with E-state index in [4.69, 9.17) is 0 Å². The van der Waals surface area contributed by atoms with E-state index in [1.165, 1.54) is 17.7 Å². The van der Waals surface area contributed by atoms with E-state index in [2.05, 4.69) is 52.6 Å². The van der Waals surface area contributed by atoms with Crippen molar-refractivity contribution in [3.8, 4) is 5.69 Å². The lowest BCUT2D eigenvalue weighted by molar-refractivity contribution is -0.115. The van der Waals surface area contributed by atoms with Gasteiger partial charge in [-0.15, -0.1) is 11.3 Å². The van der Waals surface area contributed by atoms with E-state index in [0.29, 0.717) is 10.6 Å². The molecule has 0 aliphatic rings. The number of anilines is 1. The normalized spacial score (nSPS) is 10.5. The SMILES string of the molecule is O=C(CNC(=O)c1cc(Br)c(Br)s1)Nc1ccc(-n2cncn2)cc1. The van der Waals surface area contributed by atoms with Gasteiger partial charge < -0.3 is 10.6 Å². The van der Waals surface area contributed by atoms with E-state index in [0.717, 1.165) is 13.9 Å². The summed E-state index contributed by atoms with van der Waals surface area (Å²) in [6, 6.07) is 8.83. The molecule has 0 unspecified atom stereocenters. The highest BCUT2D eigenvalue weighted by Crippen LogP contribution is 2.32. The van der Waals surface area contributed by atoms with Gasteiger partial charge in [-0.2, -0.15) is 5.10 Å². The van der Waals surface area contributed by atoms with Crippen molar-refractivity contribution in [2.75, 3.05) is 11.9 Å². The van der Waals surface area contributed by atoms with Crippen LogP contribution in [0.2, 0.25) is 0 Å². The summed E-state index contributed by atoms with van der Waals surface area (Å²) in [7, 11) is 0. The number of thiophene rings is 1. The first-order valence-corrected chi connectivity index (χ1v) is 9.41. The van der Waals surface area contributed by atoms with E-state index < -0.39 is 0 Å². The molecular weight excluding hydrogens is 474 g/mol. The number of hydrogen-bond acceptors (Lipinski definition) is 5. The van der Waals surface area contributed by atoms with Crippen molar-refractivity contribution in [1.82, 2.24) is 20.1 Å². The average molecular weight is 485 g/mol. The molecule has 0 aliphatic heterocycles. The van der Waals surface area contributed by atoms with Crippen LogP contribution in [0, 0.1) is 0 Å². The third-order valence-electron chi connectivity index (χ3n) is 3.11. The van der Waals surface area contributed by atoms with E-state index in [9.17, 15) is 9.59 Å². The first-order chi connectivity index (χ1) is 12.0. The van der Waals surface area contributed by atoms with Crippen LogP contribution in [0.5, 0.6) is 0 Å². The van der Waals surface area contributed by atoms with Crippen LogP contribution in [0.25, 0.3) is 5.69 Å². The number of halogens is 2. The number of amides is 2. The van der Waals surface area contributed by atoms with Gasteiger partial charge in [0.15, 0.2) is 0 Å². The molecule has 128 valence electrons. The molecule has 2 amide bonds. The third-order valence-corrected chi connectivity index (χ3v) is 6.37. The van der Waals surface area contributed by atoms with Gasteiger partial charge in [-0.05, 0) is 62.2 Å². The quantitative estimate of drug-likeness (QED) is 0.581. The summed E-state index contributed by atoms with van der Waals surface area (Å²) in [5, 5.41) is 9.34. The molecule has 10 heteroatoms. The number of nitrogens with zero attached hydrogens (tertiary/aromatic N) is 3. The Kier molecular flexibility index (Phi) is 5.61. The number of benzene rings is 1. The Morgan fingerprint density at radius 1 is 1.20 bits per heavy atom. The van der Waals surface area contributed by atoms with Crippen molar-refractivity contribution in [3.05, 3.63) is 56.1 Å². The Morgan fingerprint density at radius 2 is 1.96 bits per heavy atom. The molecule has 7 nitrogen and oxygen atoms in total. The number of hydrogen-bond donors (Lipinski definition) is 2. The predicted octanol–water partition coefficient (Wildman–Crippen LogP) is 3.22. The molecule has 1 aromatic carbocycles. The first kappa shape index (κ1) is 17.8. The summed E-state index contributed by atoms with van der Waals surface area (Å²) < 4.78 is 3.25. The van der Waals surface area contributed by atoms with Crippen LogP contribution >= 0.6 is 43.2 Å². The van der Waals surface area contributed by atoms with Crippen LogP contribution in [-0.4, -0.2) is 33.1 Å². The highest BCUT2D eigenvalue weighted by atomic mass is 79.9. The number of nitrogens with one attached hydrogen (secondary N) is 2. The number of rotatable bonds is 5. The van der Waals surface area contributed by atoms with Crippen molar-refractivity contribution in [3.63, 3.8) is 0 Å². The molecule has 0 spiro atoms. The average Bonchev–Trinajstić information content (AvgIpc) is 3.24. The molecule has 0 bridgehead atoms. The molecule has 3 rings (SSSR count). The Labute approximate surface area is 163 Å². The minimum Gasteiger partial charge on any atom is -0.342 e. The maximum Gasteiger partial charge on any atom is 0.261 e. The van der Waals surface area contributed by atoms with Gasteiger partial charge in [-0.3, -0.25) is 9.59 Å². The highest BCUT2D eigenvalue weighted by molar-refractivity contribution is 9.13. The minimum absolute atomic E-state index is 0.114. The van der Waals surface area contributed by atoms with Crippen molar-refractivity contribution < 1.29 is 9.59 Å². The summed E-state index contributed by atoms with van der Waals surface area (Å²) in [5.74, 6) is -0.607. The molecular formula is C15H11Br2N5O2S. The van der Waals surface area contributed by atoms with Crippen molar-refractivity contribution >= 4 is 60.7 Å². The number of aromatic nitrogens is 3. The Morgan fingerprint density at radius 3 is 2.56 bits per heavy atom. The summed E-state index contributed by atoms with van der Waals surface area (Å²) in [6.45, 7) is -0.114. The monoisotopic (exact) mass is 483 g/mol. The molecule has 25 heavy (non-hydrogen) atoms. The van der Waals surface area contributed by atoms with Crippen LogP contribution < -0.4 is 10.6 Å². The second-order valence-corrected chi connectivity index (χ2v) is 8.07. The molecule has 2 aromatic heterocycles. The largest absolute Gasteiger partial charge is 0.342 e. The van der Waals surface area contributed by atoms with Crippen LogP contribution in [0.1, 0.15) is 9.67 Å². The van der Waals surface area contributed by atoms with Gasteiger partial charge in [0.1, 0.15) is 12.7 Å². The second-order valence-electron chi connectivity index (χ2n) is 4.85. The lowest BCUT2D eigenvalue weighted by atomic mass is 10.3. The van der Waals surface area contributed by atoms with Gasteiger partial charge >= 0.3 is 0 Å². The molecule has 0 radical (unpaired) electrons. The van der Waals surface area contributed by atoms with E-state index >= 15 is 0 Å². The molecule has 0 saturated heterocycles. The predicted molar refractivity (Wildman–Crippen MR) is 102 cm³/mol. The zero-order chi connectivity index (χ0) is 17.8. The molecule has 2 heterocycles.